The van der Waals surface area contributed by atoms with Crippen LogP contribution in [0.5, 0.6) is 0 Å². The summed E-state index contributed by atoms with van der Waals surface area (Å²) in [6, 6.07) is -0.298. The number of carbonyl (C=O) groups is 2. The van der Waals surface area contributed by atoms with Crippen LogP contribution < -0.4 is 0 Å². The number of carbonyl (C=O) groups excluding carboxylic acids is 2. The summed E-state index contributed by atoms with van der Waals surface area (Å²) in [5.74, 6) is -0.209. The number of aliphatic hydroxyl groups is 1. The largest absolute Gasteiger partial charge is 0.390 e. The van der Waals surface area contributed by atoms with Gasteiger partial charge in [0.05, 0.1) is 18.1 Å². The second-order valence-electron chi connectivity index (χ2n) is 5.04. The minimum atomic E-state index is -0.617. The molecule has 1 unspecified atom stereocenters. The van der Waals surface area contributed by atoms with Crippen LogP contribution >= 0.6 is 0 Å². The average molecular weight is 226 g/mol. The molecule has 16 heavy (non-hydrogen) atoms. The molecular weight excluding hydrogens is 208 g/mol. The number of hydrogen-bond donors (Lipinski definition) is 1. The van der Waals surface area contributed by atoms with Crippen molar-refractivity contribution in [2.75, 3.05) is 20.1 Å². The van der Waals surface area contributed by atoms with Crippen molar-refractivity contribution < 1.29 is 14.7 Å². The maximum absolute atomic E-state index is 11.8. The predicted octanol–water partition coefficient (Wildman–Crippen LogP) is -0.409. The summed E-state index contributed by atoms with van der Waals surface area (Å²) in [6.07, 6.45) is 1.61. The number of imide groups is 1. The van der Waals surface area contributed by atoms with E-state index in [2.05, 4.69) is 0 Å². The minimum Gasteiger partial charge on any atom is -0.390 e. The molecular formula is C11H18N2O3. The average Bonchev–Trinajstić information content (AvgIpc) is 2.46. The molecule has 0 aromatic heterocycles. The lowest BCUT2D eigenvalue weighted by atomic mass is 9.93. The summed E-state index contributed by atoms with van der Waals surface area (Å²) in [5, 5.41) is 9.82. The van der Waals surface area contributed by atoms with Crippen molar-refractivity contribution >= 4 is 11.8 Å². The first-order valence-corrected chi connectivity index (χ1v) is 5.67. The first kappa shape index (κ1) is 11.5. The van der Waals surface area contributed by atoms with E-state index in [1.807, 2.05) is 11.8 Å². The molecule has 1 atom stereocenters. The molecule has 5 nitrogen and oxygen atoms in total. The second kappa shape index (κ2) is 3.82. The summed E-state index contributed by atoms with van der Waals surface area (Å²) in [4.78, 5) is 26.4. The third kappa shape index (κ3) is 1.97. The van der Waals surface area contributed by atoms with Gasteiger partial charge in [-0.2, -0.15) is 0 Å². The Bertz CT molecular complexity index is 317. The molecule has 0 radical (unpaired) electrons. The van der Waals surface area contributed by atoms with Crippen LogP contribution in [0.15, 0.2) is 0 Å². The summed E-state index contributed by atoms with van der Waals surface area (Å²) < 4.78 is 0. The third-order valence-corrected chi connectivity index (χ3v) is 3.67. The number of amides is 2. The van der Waals surface area contributed by atoms with E-state index in [1.165, 1.54) is 11.9 Å². The highest BCUT2D eigenvalue weighted by Crippen LogP contribution is 2.26. The molecule has 2 fully saturated rings. The Balaban J connectivity index is 2.00. The highest BCUT2D eigenvalue weighted by Gasteiger charge is 2.41. The molecule has 2 amide bonds. The quantitative estimate of drug-likeness (QED) is 0.617. The van der Waals surface area contributed by atoms with Crippen LogP contribution in [0.1, 0.15) is 26.2 Å². The van der Waals surface area contributed by atoms with E-state index in [0.29, 0.717) is 25.9 Å². The van der Waals surface area contributed by atoms with E-state index in [4.69, 9.17) is 0 Å². The summed E-state index contributed by atoms with van der Waals surface area (Å²) in [5.41, 5.74) is -0.617. The van der Waals surface area contributed by atoms with Crippen LogP contribution in [0, 0.1) is 0 Å². The first-order valence-electron chi connectivity index (χ1n) is 5.67. The second-order valence-corrected chi connectivity index (χ2v) is 5.04. The van der Waals surface area contributed by atoms with Crippen LogP contribution in [-0.2, 0) is 9.59 Å². The molecule has 1 N–H and O–H groups in total. The Morgan fingerprint density at radius 2 is 1.88 bits per heavy atom. The lowest BCUT2D eigenvalue weighted by Gasteiger charge is -2.37. The molecule has 0 spiro atoms. The fraction of sp³-hybridized carbons (Fsp3) is 0.818. The van der Waals surface area contributed by atoms with Gasteiger partial charge in [0.1, 0.15) is 0 Å². The van der Waals surface area contributed by atoms with E-state index >= 15 is 0 Å². The molecule has 0 aromatic carbocycles. The topological polar surface area (TPSA) is 60.9 Å². The van der Waals surface area contributed by atoms with Crippen LogP contribution in [0.4, 0.5) is 0 Å². The zero-order chi connectivity index (χ0) is 11.9. The van der Waals surface area contributed by atoms with Crippen molar-refractivity contribution in [1.29, 1.82) is 0 Å². The molecule has 2 aliphatic heterocycles. The third-order valence-electron chi connectivity index (χ3n) is 3.67. The summed E-state index contributed by atoms with van der Waals surface area (Å²) in [6.45, 7) is 3.19. The number of likely N-dealkylation sites (N-methyl/N-ethyl adjacent to an activating group) is 1. The fourth-order valence-electron chi connectivity index (χ4n) is 2.34. The summed E-state index contributed by atoms with van der Waals surface area (Å²) >= 11 is 0. The van der Waals surface area contributed by atoms with Crippen molar-refractivity contribution in [3.8, 4) is 0 Å². The molecule has 2 heterocycles. The van der Waals surface area contributed by atoms with Gasteiger partial charge >= 0.3 is 0 Å². The van der Waals surface area contributed by atoms with Gasteiger partial charge in [0.15, 0.2) is 0 Å². The Morgan fingerprint density at radius 1 is 1.31 bits per heavy atom. The maximum atomic E-state index is 11.8. The Labute approximate surface area is 95.0 Å². The van der Waals surface area contributed by atoms with Gasteiger partial charge in [0, 0.05) is 20.1 Å². The number of piperidine rings is 1. The van der Waals surface area contributed by atoms with E-state index in [9.17, 15) is 14.7 Å². The first-order chi connectivity index (χ1) is 7.41. The molecule has 2 aliphatic rings. The molecule has 2 saturated heterocycles. The SMILES string of the molecule is CN1C(=O)CC(N2CCC(C)(O)CC2)C1=O. The van der Waals surface area contributed by atoms with Gasteiger partial charge in [-0.15, -0.1) is 0 Å². The van der Waals surface area contributed by atoms with Crippen LogP contribution in [-0.4, -0.2) is 58.5 Å². The maximum Gasteiger partial charge on any atom is 0.246 e. The van der Waals surface area contributed by atoms with Crippen molar-refractivity contribution in [3.63, 3.8) is 0 Å². The van der Waals surface area contributed by atoms with Crippen LogP contribution in [0.25, 0.3) is 0 Å². The van der Waals surface area contributed by atoms with E-state index in [1.54, 1.807) is 0 Å². The molecule has 0 bridgehead atoms. The van der Waals surface area contributed by atoms with Gasteiger partial charge in [-0.25, -0.2) is 0 Å². The highest BCUT2D eigenvalue weighted by molar-refractivity contribution is 6.05. The number of nitrogens with zero attached hydrogens (tertiary/aromatic N) is 2. The Morgan fingerprint density at radius 3 is 2.31 bits per heavy atom. The normalized spacial score (nSPS) is 31.2. The lowest BCUT2D eigenvalue weighted by molar-refractivity contribution is -0.138. The molecule has 0 aromatic rings. The van der Waals surface area contributed by atoms with E-state index in [0.717, 1.165) is 0 Å². The van der Waals surface area contributed by atoms with Crippen LogP contribution in [0.2, 0.25) is 0 Å². The predicted molar refractivity (Wildman–Crippen MR) is 57.6 cm³/mol. The smallest absolute Gasteiger partial charge is 0.246 e. The standard InChI is InChI=1S/C11H18N2O3/c1-11(16)3-5-13(6-4-11)8-7-9(14)12(2)10(8)15/h8,16H,3-7H2,1-2H3. The van der Waals surface area contributed by atoms with E-state index in [-0.39, 0.29) is 24.3 Å². The van der Waals surface area contributed by atoms with Gasteiger partial charge in [-0.1, -0.05) is 0 Å². The summed E-state index contributed by atoms with van der Waals surface area (Å²) in [7, 11) is 1.53. The number of likely N-dealkylation sites (tertiary alicyclic amines) is 2. The molecule has 5 heteroatoms. The van der Waals surface area contributed by atoms with Crippen molar-refractivity contribution in [2.24, 2.45) is 0 Å². The molecule has 0 aliphatic carbocycles. The van der Waals surface area contributed by atoms with Crippen molar-refractivity contribution in [1.82, 2.24) is 9.80 Å². The molecule has 90 valence electrons. The van der Waals surface area contributed by atoms with Gasteiger partial charge in [0.25, 0.3) is 0 Å². The van der Waals surface area contributed by atoms with Gasteiger partial charge in [-0.05, 0) is 19.8 Å². The molecule has 0 saturated carbocycles. The van der Waals surface area contributed by atoms with Crippen molar-refractivity contribution in [2.45, 2.75) is 37.8 Å². The number of rotatable bonds is 1. The zero-order valence-corrected chi connectivity index (χ0v) is 9.77. The van der Waals surface area contributed by atoms with Crippen LogP contribution in [0.3, 0.4) is 0 Å². The Kier molecular flexibility index (Phi) is 2.75. The number of hydrogen-bond acceptors (Lipinski definition) is 4. The fourth-order valence-corrected chi connectivity index (χ4v) is 2.34. The van der Waals surface area contributed by atoms with Gasteiger partial charge in [0.2, 0.25) is 11.8 Å². The highest BCUT2D eigenvalue weighted by atomic mass is 16.3. The molecule has 2 rings (SSSR count). The van der Waals surface area contributed by atoms with Gasteiger partial charge in [-0.3, -0.25) is 19.4 Å². The monoisotopic (exact) mass is 226 g/mol. The van der Waals surface area contributed by atoms with Gasteiger partial charge < -0.3 is 5.11 Å². The van der Waals surface area contributed by atoms with Crippen molar-refractivity contribution in [3.05, 3.63) is 0 Å². The lowest BCUT2D eigenvalue weighted by Crippen LogP contribution is -2.49. The van der Waals surface area contributed by atoms with E-state index < -0.39 is 5.60 Å². The Hall–Kier alpha value is -0.940. The minimum absolute atomic E-state index is 0.104. The zero-order valence-electron chi connectivity index (χ0n) is 9.77.